The molecule has 1 unspecified atom stereocenters. The summed E-state index contributed by atoms with van der Waals surface area (Å²) in [6.07, 6.45) is -0.374. The number of rotatable bonds is 5. The molecule has 14 rings (SSSR count). The van der Waals surface area contributed by atoms with E-state index in [1.165, 1.54) is 47.1 Å². The van der Waals surface area contributed by atoms with Gasteiger partial charge in [-0.1, -0.05) is 133 Å². The molecular formula is C59H36N4OS. The zero-order valence-corrected chi connectivity index (χ0v) is 35.7. The smallest absolute Gasteiger partial charge is 0.160 e. The molecule has 0 spiro atoms. The molecule has 0 saturated heterocycles. The second-order valence-corrected chi connectivity index (χ2v) is 18.0. The first-order valence-corrected chi connectivity index (χ1v) is 22.8. The van der Waals surface area contributed by atoms with Crippen LogP contribution in [0.4, 0.5) is 0 Å². The first-order valence-electron chi connectivity index (χ1n) is 22.0. The summed E-state index contributed by atoms with van der Waals surface area (Å²) in [5.74, 6) is 1.44. The lowest BCUT2D eigenvalue weighted by molar-refractivity contribution is 0.669. The van der Waals surface area contributed by atoms with Crippen molar-refractivity contribution in [2.45, 2.75) is 6.17 Å². The Hall–Kier alpha value is -8.32. The molecule has 0 aliphatic carbocycles. The van der Waals surface area contributed by atoms with E-state index in [1.807, 2.05) is 11.3 Å². The second kappa shape index (κ2) is 14.1. The number of hydrogen-bond donors (Lipinski definition) is 1. The highest BCUT2D eigenvalue weighted by molar-refractivity contribution is 7.25. The number of nitrogens with zero attached hydrogens (tertiary/aromatic N) is 3. The van der Waals surface area contributed by atoms with Crippen molar-refractivity contribution < 1.29 is 4.42 Å². The van der Waals surface area contributed by atoms with Crippen LogP contribution in [-0.4, -0.2) is 16.2 Å². The van der Waals surface area contributed by atoms with Crippen LogP contribution in [0.15, 0.2) is 221 Å². The van der Waals surface area contributed by atoms with E-state index < -0.39 is 0 Å². The van der Waals surface area contributed by atoms with Crippen LogP contribution in [0.1, 0.15) is 22.9 Å². The van der Waals surface area contributed by atoms with E-state index in [0.29, 0.717) is 5.84 Å². The lowest BCUT2D eigenvalue weighted by Crippen LogP contribution is -2.33. The quantitative estimate of drug-likeness (QED) is 0.188. The molecule has 10 aromatic carbocycles. The van der Waals surface area contributed by atoms with Crippen LogP contribution in [0.3, 0.4) is 0 Å². The number of para-hydroxylation sites is 1. The van der Waals surface area contributed by atoms with Crippen LogP contribution in [0.5, 0.6) is 0 Å². The number of thiophene rings is 1. The van der Waals surface area contributed by atoms with Gasteiger partial charge in [-0.25, -0.2) is 9.98 Å². The van der Waals surface area contributed by atoms with E-state index in [9.17, 15) is 0 Å². The minimum atomic E-state index is -0.374. The Kier molecular flexibility index (Phi) is 7.85. The van der Waals surface area contributed by atoms with Gasteiger partial charge in [0.15, 0.2) is 5.84 Å². The van der Waals surface area contributed by atoms with Gasteiger partial charge >= 0.3 is 0 Å². The molecule has 0 radical (unpaired) electrons. The van der Waals surface area contributed by atoms with Gasteiger partial charge in [-0.15, -0.1) is 11.3 Å². The molecular weight excluding hydrogens is 813 g/mol. The van der Waals surface area contributed by atoms with E-state index in [2.05, 4.69) is 216 Å². The average Bonchev–Trinajstić information content (AvgIpc) is 4.05. The molecule has 0 saturated carbocycles. The van der Waals surface area contributed by atoms with Crippen LogP contribution in [-0.2, 0) is 0 Å². The molecule has 13 aromatic rings. The van der Waals surface area contributed by atoms with Crippen molar-refractivity contribution in [3.63, 3.8) is 0 Å². The maximum atomic E-state index is 6.70. The molecule has 6 heteroatoms. The van der Waals surface area contributed by atoms with E-state index in [4.69, 9.17) is 14.4 Å². The van der Waals surface area contributed by atoms with Crippen molar-refractivity contribution in [3.8, 4) is 16.8 Å². The molecule has 65 heavy (non-hydrogen) atoms. The Morgan fingerprint density at radius 2 is 1.20 bits per heavy atom. The predicted octanol–water partition coefficient (Wildman–Crippen LogP) is 15.5. The minimum Gasteiger partial charge on any atom is -0.456 e. The van der Waals surface area contributed by atoms with Crippen LogP contribution in [0, 0.1) is 0 Å². The molecule has 0 fully saturated rings. The molecule has 304 valence electrons. The Balaban J connectivity index is 1.06. The number of hydrogen-bond acceptors (Lipinski definition) is 5. The third-order valence-corrected chi connectivity index (χ3v) is 14.4. The van der Waals surface area contributed by atoms with Gasteiger partial charge in [0.25, 0.3) is 0 Å². The molecule has 4 heterocycles. The zero-order valence-electron chi connectivity index (χ0n) is 34.9. The summed E-state index contributed by atoms with van der Waals surface area (Å²) in [4.78, 5) is 11.0. The van der Waals surface area contributed by atoms with Gasteiger partial charge in [0.1, 0.15) is 23.2 Å². The number of furan rings is 1. The van der Waals surface area contributed by atoms with Gasteiger partial charge in [0.2, 0.25) is 0 Å². The van der Waals surface area contributed by atoms with Gasteiger partial charge in [0, 0.05) is 58.5 Å². The van der Waals surface area contributed by atoms with Gasteiger partial charge in [0.05, 0.1) is 11.0 Å². The van der Waals surface area contributed by atoms with E-state index in [-0.39, 0.29) is 6.17 Å². The number of aliphatic imine (C=N–C) groups is 2. The monoisotopic (exact) mass is 848 g/mol. The highest BCUT2D eigenvalue weighted by atomic mass is 32.1. The Morgan fingerprint density at radius 1 is 0.462 bits per heavy atom. The summed E-state index contributed by atoms with van der Waals surface area (Å²) >= 11 is 1.82. The first-order chi connectivity index (χ1) is 32.2. The van der Waals surface area contributed by atoms with Gasteiger partial charge in [-0.3, -0.25) is 0 Å². The van der Waals surface area contributed by atoms with Crippen LogP contribution in [0.2, 0.25) is 0 Å². The average molecular weight is 849 g/mol. The fourth-order valence-corrected chi connectivity index (χ4v) is 11.3. The Labute approximate surface area is 376 Å². The SMILES string of the molecule is c1ccc(C2N=C(c3ccc(-n4c5ccccc5c5cc6ccccc6cc54)cc3-c3cccc4oc5ccc6ccccc6c5c34)N=C(c3ccc4sc5ccccc5c4c3)N2)cc1. The molecule has 1 atom stereocenters. The summed E-state index contributed by atoms with van der Waals surface area (Å²) in [6, 6.07) is 73.9. The second-order valence-electron chi connectivity index (χ2n) is 16.9. The summed E-state index contributed by atoms with van der Waals surface area (Å²) in [5, 5.41) is 15.6. The normalized spacial score (nSPS) is 14.3. The molecule has 1 aliphatic rings. The molecule has 0 bridgehead atoms. The summed E-state index contributed by atoms with van der Waals surface area (Å²) in [6.45, 7) is 0. The number of aromatic nitrogens is 1. The fourth-order valence-electron chi connectivity index (χ4n) is 10.2. The molecule has 5 nitrogen and oxygen atoms in total. The number of fused-ring (bicyclic) bond motifs is 12. The first kappa shape index (κ1) is 36.2. The Bertz CT molecular complexity index is 4170. The van der Waals surface area contributed by atoms with Crippen LogP contribution in [0.25, 0.3) is 102 Å². The lowest BCUT2D eigenvalue weighted by Gasteiger charge is -2.25. The maximum absolute atomic E-state index is 6.70. The fraction of sp³-hybridized carbons (Fsp3) is 0.0169. The van der Waals surface area contributed by atoms with E-state index in [1.54, 1.807) is 0 Å². The third-order valence-electron chi connectivity index (χ3n) is 13.2. The lowest BCUT2D eigenvalue weighted by atomic mass is 9.92. The van der Waals surface area contributed by atoms with Crippen molar-refractivity contribution >= 4 is 108 Å². The molecule has 1 N–H and O–H groups in total. The van der Waals surface area contributed by atoms with Gasteiger partial charge < -0.3 is 14.3 Å². The van der Waals surface area contributed by atoms with E-state index >= 15 is 0 Å². The highest BCUT2D eigenvalue weighted by Gasteiger charge is 2.26. The molecule has 1 aliphatic heterocycles. The van der Waals surface area contributed by atoms with Gasteiger partial charge in [-0.2, -0.15) is 0 Å². The van der Waals surface area contributed by atoms with Crippen LogP contribution >= 0.6 is 11.3 Å². The van der Waals surface area contributed by atoms with Crippen molar-refractivity contribution in [3.05, 3.63) is 223 Å². The third kappa shape index (κ3) is 5.64. The highest BCUT2D eigenvalue weighted by Crippen LogP contribution is 2.44. The van der Waals surface area contributed by atoms with Crippen molar-refractivity contribution in [1.82, 2.24) is 9.88 Å². The summed E-state index contributed by atoms with van der Waals surface area (Å²) in [5.41, 5.74) is 10.1. The summed E-state index contributed by atoms with van der Waals surface area (Å²) < 4.78 is 11.6. The number of nitrogens with one attached hydrogen (secondary N) is 1. The number of amidine groups is 2. The van der Waals surface area contributed by atoms with Crippen molar-refractivity contribution in [1.29, 1.82) is 0 Å². The van der Waals surface area contributed by atoms with Crippen molar-refractivity contribution in [2.75, 3.05) is 0 Å². The predicted molar refractivity (Wildman–Crippen MR) is 273 cm³/mol. The standard InChI is InChI=1S/C59H36N4OS/c1-2-14-36(15-3-1)57-60-58(39-26-30-54-48(32-39)43-20-9-11-24-53(43)65-54)62-59(61-57)45-28-27-40(63-49-22-10-8-19-42(49)47-31-37-16-4-5-17-38(37)33-50(47)63)34-46(45)44-21-12-23-51-56(44)55-41-18-7-6-13-35(41)25-29-52(55)64-51/h1-34,57H,(H,60,61,62). The topological polar surface area (TPSA) is 54.8 Å². The maximum Gasteiger partial charge on any atom is 0.160 e. The number of benzene rings is 10. The van der Waals surface area contributed by atoms with Gasteiger partial charge in [-0.05, 0) is 111 Å². The largest absolute Gasteiger partial charge is 0.456 e. The molecule has 3 aromatic heterocycles. The summed E-state index contributed by atoms with van der Waals surface area (Å²) in [7, 11) is 0. The van der Waals surface area contributed by atoms with E-state index in [0.717, 1.165) is 77.7 Å². The van der Waals surface area contributed by atoms with Crippen LogP contribution < -0.4 is 5.32 Å². The van der Waals surface area contributed by atoms with Crippen molar-refractivity contribution in [2.24, 2.45) is 9.98 Å². The molecule has 0 amide bonds. The Morgan fingerprint density at radius 3 is 2.09 bits per heavy atom. The minimum absolute atomic E-state index is 0.374. The zero-order chi connectivity index (χ0) is 42.6.